The standard InChI is InChI=1S/C28H38O12/c1-12-9-18-26(35,21(12)33)10-25(34,11-37-14(3)29)23(39-16(5)31)19-20-24(7,8)28(20,40-17(6)32)22(38-15(4)30)13(2)27(18,19)36/h9,13,18-20,22-23,34-36H,10-11H2,1-8H3/t13-,18-,19-,20-,22-,23+,25-,26-,27+,28-/m1/s1. The third kappa shape index (κ3) is 3.86. The molecular formula is C28H38O12. The second kappa shape index (κ2) is 9.09. The van der Waals surface area contributed by atoms with Crippen molar-refractivity contribution < 1.29 is 58.2 Å². The maximum absolute atomic E-state index is 13.5. The molecule has 3 N–H and O–H groups in total. The van der Waals surface area contributed by atoms with Gasteiger partial charge in [-0.25, -0.2) is 0 Å². The van der Waals surface area contributed by atoms with E-state index in [0.29, 0.717) is 0 Å². The number of rotatable bonds is 5. The molecule has 0 bridgehead atoms. The number of carbonyl (C=O) groups excluding carboxylic acids is 5. The number of ketones is 1. The first kappa shape index (κ1) is 30.1. The molecule has 0 aromatic heterocycles. The van der Waals surface area contributed by atoms with Crippen molar-refractivity contribution >= 4 is 29.7 Å². The molecule has 4 rings (SSSR count). The zero-order valence-corrected chi connectivity index (χ0v) is 24.0. The van der Waals surface area contributed by atoms with Crippen LogP contribution in [0.3, 0.4) is 0 Å². The minimum atomic E-state index is -2.41. The molecule has 3 saturated carbocycles. The van der Waals surface area contributed by atoms with Crippen molar-refractivity contribution in [3.8, 4) is 0 Å². The van der Waals surface area contributed by atoms with Crippen LogP contribution in [0.2, 0.25) is 0 Å². The first-order chi connectivity index (χ1) is 18.2. The highest BCUT2D eigenvalue weighted by Crippen LogP contribution is 2.78. The molecule has 40 heavy (non-hydrogen) atoms. The molecule has 12 heteroatoms. The second-order valence-electron chi connectivity index (χ2n) is 12.5. The van der Waals surface area contributed by atoms with Crippen molar-refractivity contribution in [1.82, 2.24) is 0 Å². The van der Waals surface area contributed by atoms with Crippen LogP contribution in [0.5, 0.6) is 0 Å². The van der Waals surface area contributed by atoms with Crippen LogP contribution in [0.25, 0.3) is 0 Å². The van der Waals surface area contributed by atoms with Gasteiger partial charge in [-0.05, 0) is 12.5 Å². The van der Waals surface area contributed by atoms with E-state index in [0.717, 1.165) is 13.8 Å². The lowest BCUT2D eigenvalue weighted by molar-refractivity contribution is -0.250. The summed E-state index contributed by atoms with van der Waals surface area (Å²) in [4.78, 5) is 62.6. The summed E-state index contributed by atoms with van der Waals surface area (Å²) < 4.78 is 22.5. The molecule has 12 nitrogen and oxygen atoms in total. The minimum absolute atomic E-state index is 0.128. The van der Waals surface area contributed by atoms with E-state index in [2.05, 4.69) is 0 Å². The molecule has 4 aliphatic carbocycles. The molecule has 3 fully saturated rings. The monoisotopic (exact) mass is 566 g/mol. The van der Waals surface area contributed by atoms with E-state index < -0.39 is 106 Å². The highest BCUT2D eigenvalue weighted by atomic mass is 16.6. The van der Waals surface area contributed by atoms with Crippen molar-refractivity contribution in [2.75, 3.05) is 6.61 Å². The minimum Gasteiger partial charge on any atom is -0.463 e. The maximum Gasteiger partial charge on any atom is 0.303 e. The van der Waals surface area contributed by atoms with Crippen molar-refractivity contribution in [2.45, 2.75) is 96.4 Å². The van der Waals surface area contributed by atoms with Crippen LogP contribution in [-0.2, 0) is 42.9 Å². The molecule has 0 radical (unpaired) electrons. The van der Waals surface area contributed by atoms with E-state index in [4.69, 9.17) is 18.9 Å². The van der Waals surface area contributed by atoms with Gasteiger partial charge in [0, 0.05) is 63.2 Å². The van der Waals surface area contributed by atoms with Gasteiger partial charge in [0.2, 0.25) is 0 Å². The van der Waals surface area contributed by atoms with Crippen molar-refractivity contribution in [2.24, 2.45) is 29.1 Å². The molecule has 0 aliphatic heterocycles. The molecule has 4 aliphatic rings. The Morgan fingerprint density at radius 3 is 1.98 bits per heavy atom. The van der Waals surface area contributed by atoms with E-state index in [-0.39, 0.29) is 5.57 Å². The van der Waals surface area contributed by atoms with E-state index in [1.54, 1.807) is 13.8 Å². The highest BCUT2D eigenvalue weighted by Gasteiger charge is 2.90. The average molecular weight is 567 g/mol. The van der Waals surface area contributed by atoms with Crippen LogP contribution in [0.15, 0.2) is 11.6 Å². The molecule has 0 aromatic carbocycles. The van der Waals surface area contributed by atoms with Gasteiger partial charge in [0.05, 0.1) is 5.60 Å². The van der Waals surface area contributed by atoms with Crippen molar-refractivity contribution in [3.05, 3.63) is 11.6 Å². The number of hydrogen-bond donors (Lipinski definition) is 3. The number of fused-ring (bicyclic) bond motifs is 5. The Morgan fingerprint density at radius 1 is 0.925 bits per heavy atom. The summed E-state index contributed by atoms with van der Waals surface area (Å²) >= 11 is 0. The summed E-state index contributed by atoms with van der Waals surface area (Å²) in [6.45, 7) is 10.2. The van der Waals surface area contributed by atoms with Gasteiger partial charge >= 0.3 is 23.9 Å². The molecule has 0 unspecified atom stereocenters. The molecule has 0 saturated heterocycles. The summed E-state index contributed by atoms with van der Waals surface area (Å²) in [5.41, 5.74) is -9.34. The van der Waals surface area contributed by atoms with Gasteiger partial charge in [-0.1, -0.05) is 26.8 Å². The van der Waals surface area contributed by atoms with Crippen molar-refractivity contribution in [1.29, 1.82) is 0 Å². The van der Waals surface area contributed by atoms with Crippen LogP contribution in [-0.4, -0.2) is 86.2 Å². The van der Waals surface area contributed by atoms with Gasteiger partial charge in [-0.3, -0.25) is 24.0 Å². The Bertz CT molecular complexity index is 1210. The fourth-order valence-corrected chi connectivity index (χ4v) is 8.28. The quantitative estimate of drug-likeness (QED) is 0.308. The zero-order valence-electron chi connectivity index (χ0n) is 24.0. The number of hydrogen-bond acceptors (Lipinski definition) is 12. The van der Waals surface area contributed by atoms with Gasteiger partial charge < -0.3 is 34.3 Å². The number of Topliss-reactive ketones (excluding diaryl/α,β-unsaturated/α-hetero) is 1. The maximum atomic E-state index is 13.5. The third-order valence-electron chi connectivity index (χ3n) is 9.70. The summed E-state index contributed by atoms with van der Waals surface area (Å²) in [6.07, 6.45) is -2.22. The van der Waals surface area contributed by atoms with Gasteiger partial charge in [-0.15, -0.1) is 0 Å². The predicted octanol–water partition coefficient (Wildman–Crippen LogP) is 0.379. The van der Waals surface area contributed by atoms with E-state index in [1.807, 2.05) is 0 Å². The molecule has 10 atom stereocenters. The Balaban J connectivity index is 2.07. The smallest absolute Gasteiger partial charge is 0.303 e. The van der Waals surface area contributed by atoms with Crippen LogP contribution < -0.4 is 0 Å². The molecule has 0 aromatic rings. The van der Waals surface area contributed by atoms with Crippen LogP contribution in [0.4, 0.5) is 0 Å². The first-order valence-corrected chi connectivity index (χ1v) is 13.3. The van der Waals surface area contributed by atoms with Crippen LogP contribution in [0.1, 0.15) is 61.8 Å². The fourth-order valence-electron chi connectivity index (χ4n) is 8.28. The largest absolute Gasteiger partial charge is 0.463 e. The summed E-state index contributed by atoms with van der Waals surface area (Å²) in [5.74, 6) is -8.49. The van der Waals surface area contributed by atoms with Gasteiger partial charge in [-0.2, -0.15) is 0 Å². The lowest BCUT2D eigenvalue weighted by Gasteiger charge is -2.54. The number of carbonyl (C=O) groups is 5. The molecule has 0 amide bonds. The molecular weight excluding hydrogens is 528 g/mol. The number of esters is 4. The Morgan fingerprint density at radius 2 is 1.48 bits per heavy atom. The highest BCUT2D eigenvalue weighted by molar-refractivity contribution is 6.04. The fraction of sp³-hybridized carbons (Fsp3) is 0.750. The van der Waals surface area contributed by atoms with E-state index in [1.165, 1.54) is 33.8 Å². The Labute approximate surface area is 232 Å². The van der Waals surface area contributed by atoms with Gasteiger partial charge in [0.25, 0.3) is 0 Å². The van der Waals surface area contributed by atoms with E-state index >= 15 is 0 Å². The number of aliphatic hydroxyl groups is 3. The zero-order chi connectivity index (χ0) is 30.4. The first-order valence-electron chi connectivity index (χ1n) is 13.3. The van der Waals surface area contributed by atoms with Gasteiger partial charge in [0.1, 0.15) is 30.0 Å². The predicted molar refractivity (Wildman–Crippen MR) is 134 cm³/mol. The summed E-state index contributed by atoms with van der Waals surface area (Å²) in [7, 11) is 0. The summed E-state index contributed by atoms with van der Waals surface area (Å²) in [5, 5.41) is 37.0. The third-order valence-corrected chi connectivity index (χ3v) is 9.70. The van der Waals surface area contributed by atoms with Gasteiger partial charge in [0.15, 0.2) is 11.4 Å². The molecule has 0 heterocycles. The molecule has 0 spiro atoms. The normalized spacial score (nSPS) is 44.6. The Kier molecular flexibility index (Phi) is 6.85. The average Bonchev–Trinajstić information content (AvgIpc) is 3.21. The van der Waals surface area contributed by atoms with Crippen LogP contribution in [0, 0.1) is 29.1 Å². The van der Waals surface area contributed by atoms with Crippen LogP contribution >= 0.6 is 0 Å². The molecule has 222 valence electrons. The number of ether oxygens (including phenoxy) is 4. The Hall–Kier alpha value is -2.83. The van der Waals surface area contributed by atoms with Crippen molar-refractivity contribution in [3.63, 3.8) is 0 Å². The lowest BCUT2D eigenvalue weighted by atomic mass is 9.58. The SMILES string of the molecule is CC(=O)OC[C@]1(O)C[C@]2(O)C(=O)C(C)=C[C@H]2[C@]2(O)[C@H]([C@@H]3C(C)(C)[C@]3(OC(C)=O)[C@H](OC(C)=O)[C@H]2C)[C@@H]1OC(C)=O. The topological polar surface area (TPSA) is 183 Å². The summed E-state index contributed by atoms with van der Waals surface area (Å²) in [6, 6.07) is 0. The second-order valence-corrected chi connectivity index (χ2v) is 12.5. The van der Waals surface area contributed by atoms with E-state index in [9.17, 15) is 39.3 Å². The lowest BCUT2D eigenvalue weighted by Crippen LogP contribution is -2.68.